The molecule has 1 aromatic carbocycles. The van der Waals surface area contributed by atoms with E-state index in [1.165, 1.54) is 6.39 Å². The van der Waals surface area contributed by atoms with Crippen molar-refractivity contribution in [3.05, 3.63) is 47.6 Å². The molecule has 3 aromatic heterocycles. The number of rotatable bonds is 6. The predicted octanol–water partition coefficient (Wildman–Crippen LogP) is 4.26. The number of fused-ring (bicyclic) bond motifs is 1. The maximum atomic E-state index is 5.49. The molecule has 29 heavy (non-hydrogen) atoms. The molecule has 0 fully saturated rings. The molecule has 0 spiro atoms. The molecule has 150 valence electrons. The van der Waals surface area contributed by atoms with Crippen LogP contribution in [0.3, 0.4) is 0 Å². The summed E-state index contributed by atoms with van der Waals surface area (Å²) in [4.78, 5) is 6.79. The summed E-state index contributed by atoms with van der Waals surface area (Å²) in [5, 5.41) is 12.8. The molecule has 3 heterocycles. The van der Waals surface area contributed by atoms with E-state index in [4.69, 9.17) is 19.2 Å². The van der Waals surface area contributed by atoms with Crippen molar-refractivity contribution in [2.45, 2.75) is 34.1 Å². The molecule has 0 saturated carbocycles. The van der Waals surface area contributed by atoms with Crippen LogP contribution in [-0.4, -0.2) is 38.4 Å². The average molecular weight is 392 g/mol. The summed E-state index contributed by atoms with van der Waals surface area (Å²) in [5.41, 5.74) is 5.79. The summed E-state index contributed by atoms with van der Waals surface area (Å²) in [6.07, 6.45) is 2.25. The number of methoxy groups -OCH3 is 1. The van der Waals surface area contributed by atoms with Crippen molar-refractivity contribution in [2.75, 3.05) is 18.6 Å². The summed E-state index contributed by atoms with van der Waals surface area (Å²) in [5.74, 6) is 1.68. The number of hydrogen-bond acceptors (Lipinski definition) is 7. The highest BCUT2D eigenvalue weighted by molar-refractivity contribution is 5.83. The topological polar surface area (TPSA) is 81.6 Å². The molecule has 4 rings (SSSR count). The molecular formula is C21H24N6O2. The van der Waals surface area contributed by atoms with Gasteiger partial charge in [-0.3, -0.25) is 4.90 Å². The van der Waals surface area contributed by atoms with Crippen LogP contribution in [0.25, 0.3) is 16.8 Å². The van der Waals surface area contributed by atoms with Crippen molar-refractivity contribution < 1.29 is 9.15 Å². The third-order valence-corrected chi connectivity index (χ3v) is 4.88. The lowest BCUT2D eigenvalue weighted by atomic mass is 10.0. The lowest BCUT2D eigenvalue weighted by molar-refractivity contribution is 0.414. The van der Waals surface area contributed by atoms with E-state index >= 15 is 0 Å². The van der Waals surface area contributed by atoms with Gasteiger partial charge >= 0.3 is 6.01 Å². The smallest absolute Gasteiger partial charge is 0.323 e. The highest BCUT2D eigenvalue weighted by atomic mass is 16.5. The Morgan fingerprint density at radius 1 is 1.17 bits per heavy atom. The molecule has 0 saturated heterocycles. The zero-order valence-corrected chi connectivity index (χ0v) is 17.3. The Morgan fingerprint density at radius 2 is 2.00 bits per heavy atom. The van der Waals surface area contributed by atoms with Crippen LogP contribution < -0.4 is 9.64 Å². The Morgan fingerprint density at radius 3 is 2.66 bits per heavy atom. The van der Waals surface area contributed by atoms with Crippen molar-refractivity contribution in [3.63, 3.8) is 0 Å². The molecule has 8 heteroatoms. The fraction of sp³-hybridized carbons (Fsp3) is 0.333. The van der Waals surface area contributed by atoms with Crippen molar-refractivity contribution >= 4 is 17.5 Å². The van der Waals surface area contributed by atoms with Gasteiger partial charge in [0.1, 0.15) is 11.6 Å². The van der Waals surface area contributed by atoms with E-state index in [0.29, 0.717) is 6.01 Å². The largest absolute Gasteiger partial charge is 0.497 e. The van der Waals surface area contributed by atoms with E-state index in [0.717, 1.165) is 58.3 Å². The highest BCUT2D eigenvalue weighted by Crippen LogP contribution is 2.34. The summed E-state index contributed by atoms with van der Waals surface area (Å²) >= 11 is 0. The van der Waals surface area contributed by atoms with Gasteiger partial charge in [0.05, 0.1) is 12.8 Å². The van der Waals surface area contributed by atoms with Gasteiger partial charge in [-0.1, -0.05) is 18.1 Å². The fourth-order valence-electron chi connectivity index (χ4n) is 3.59. The quantitative estimate of drug-likeness (QED) is 0.485. The van der Waals surface area contributed by atoms with Gasteiger partial charge in [-0.2, -0.15) is 9.61 Å². The summed E-state index contributed by atoms with van der Waals surface area (Å²) in [6, 6.07) is 8.47. The number of anilines is 2. The summed E-state index contributed by atoms with van der Waals surface area (Å²) in [6.45, 7) is 8.88. The van der Waals surface area contributed by atoms with Gasteiger partial charge in [0.15, 0.2) is 5.65 Å². The molecule has 0 atom stereocenters. The van der Waals surface area contributed by atoms with Crippen LogP contribution in [0.2, 0.25) is 0 Å². The minimum atomic E-state index is 0.439. The second-order valence-electron chi connectivity index (χ2n) is 7.01. The maximum absolute atomic E-state index is 5.49. The first kappa shape index (κ1) is 18.9. The Kier molecular flexibility index (Phi) is 4.92. The van der Waals surface area contributed by atoms with E-state index < -0.39 is 0 Å². The molecule has 4 aromatic rings. The number of aryl methyl sites for hydroxylation is 3. The molecule has 0 unspecified atom stereocenters. The van der Waals surface area contributed by atoms with Gasteiger partial charge in [0.2, 0.25) is 6.39 Å². The van der Waals surface area contributed by atoms with Crippen LogP contribution in [0.5, 0.6) is 5.75 Å². The second kappa shape index (κ2) is 7.54. The Hall–Kier alpha value is -3.42. The lowest BCUT2D eigenvalue weighted by Crippen LogP contribution is -2.22. The van der Waals surface area contributed by atoms with Crippen molar-refractivity contribution in [2.24, 2.45) is 0 Å². The van der Waals surface area contributed by atoms with Crippen LogP contribution in [0.1, 0.15) is 30.3 Å². The lowest BCUT2D eigenvalue weighted by Gasteiger charge is -2.20. The third kappa shape index (κ3) is 3.30. The molecule has 0 aliphatic carbocycles. The fourth-order valence-corrected chi connectivity index (χ4v) is 3.59. The molecule has 0 N–H and O–H groups in total. The van der Waals surface area contributed by atoms with Crippen molar-refractivity contribution in [1.82, 2.24) is 24.8 Å². The first-order valence-corrected chi connectivity index (χ1v) is 9.59. The number of benzene rings is 1. The zero-order chi connectivity index (χ0) is 20.5. The molecule has 0 radical (unpaired) electrons. The minimum Gasteiger partial charge on any atom is -0.497 e. The monoisotopic (exact) mass is 392 g/mol. The van der Waals surface area contributed by atoms with Gasteiger partial charge in [-0.25, -0.2) is 4.98 Å². The van der Waals surface area contributed by atoms with E-state index in [2.05, 4.69) is 30.1 Å². The predicted molar refractivity (Wildman–Crippen MR) is 111 cm³/mol. The second-order valence-corrected chi connectivity index (χ2v) is 7.01. The highest BCUT2D eigenvalue weighted by Gasteiger charge is 2.22. The number of nitrogens with zero attached hydrogens (tertiary/aromatic N) is 6. The van der Waals surface area contributed by atoms with E-state index in [1.54, 1.807) is 7.11 Å². The molecule has 0 aliphatic heterocycles. The number of aromatic nitrogens is 5. The van der Waals surface area contributed by atoms with Crippen LogP contribution >= 0.6 is 0 Å². The Balaban J connectivity index is 1.95. The Labute approximate surface area is 169 Å². The molecule has 8 nitrogen and oxygen atoms in total. The van der Waals surface area contributed by atoms with Crippen LogP contribution in [0.4, 0.5) is 11.8 Å². The van der Waals surface area contributed by atoms with Crippen molar-refractivity contribution in [1.29, 1.82) is 0 Å². The number of hydrogen-bond donors (Lipinski definition) is 0. The van der Waals surface area contributed by atoms with Gasteiger partial charge in [0.25, 0.3) is 0 Å². The van der Waals surface area contributed by atoms with Gasteiger partial charge in [-0.15, -0.1) is 5.10 Å². The molecule has 0 bridgehead atoms. The molecule has 0 aliphatic rings. The average Bonchev–Trinajstić information content (AvgIpc) is 3.33. The standard InChI is InChI=1S/C21H24N6O2/c1-6-9-26(21-24-22-12-29-21)18-11-14(3)23-20-19(15(4)25-27(18)20)17-8-7-16(28-5)10-13(17)2/h7-8,10-12H,6,9H2,1-5H3. The van der Waals surface area contributed by atoms with E-state index in [9.17, 15) is 0 Å². The summed E-state index contributed by atoms with van der Waals surface area (Å²) in [7, 11) is 1.67. The normalized spacial score (nSPS) is 11.2. The molecular weight excluding hydrogens is 368 g/mol. The van der Waals surface area contributed by atoms with Gasteiger partial charge in [0, 0.05) is 23.9 Å². The van der Waals surface area contributed by atoms with Crippen molar-refractivity contribution in [3.8, 4) is 16.9 Å². The van der Waals surface area contributed by atoms with Crippen LogP contribution in [-0.2, 0) is 0 Å². The third-order valence-electron chi connectivity index (χ3n) is 4.88. The maximum Gasteiger partial charge on any atom is 0.323 e. The van der Waals surface area contributed by atoms with E-state index in [-0.39, 0.29) is 0 Å². The SMILES string of the molecule is CCCN(c1nnco1)c1cc(C)nc2c(-c3ccc(OC)cc3C)c(C)nn12. The minimum absolute atomic E-state index is 0.439. The first-order valence-electron chi connectivity index (χ1n) is 9.59. The van der Waals surface area contributed by atoms with E-state index in [1.807, 2.05) is 41.5 Å². The van der Waals surface area contributed by atoms with Gasteiger partial charge in [-0.05, 0) is 50.5 Å². The number of ether oxygens (including phenoxy) is 1. The van der Waals surface area contributed by atoms with Crippen LogP contribution in [0, 0.1) is 20.8 Å². The Bertz CT molecular complexity index is 1150. The van der Waals surface area contributed by atoms with Crippen LogP contribution in [0.15, 0.2) is 35.1 Å². The summed E-state index contributed by atoms with van der Waals surface area (Å²) < 4.78 is 12.7. The first-order chi connectivity index (χ1) is 14.0. The van der Waals surface area contributed by atoms with Gasteiger partial charge < -0.3 is 9.15 Å². The zero-order valence-electron chi connectivity index (χ0n) is 17.3. The molecule has 0 amide bonds.